The second-order valence-electron chi connectivity index (χ2n) is 11.6. The number of hydrogen-bond donors (Lipinski definition) is 0. The summed E-state index contributed by atoms with van der Waals surface area (Å²) in [5.74, 6) is 0. The Morgan fingerprint density at radius 1 is 0.333 bits per heavy atom. The molecule has 0 amide bonds. The normalized spacial score (nSPS) is 10.9. The number of rotatable bonds is 5. The quantitative estimate of drug-likeness (QED) is 0.182. The van der Waals surface area contributed by atoms with Gasteiger partial charge in [0.25, 0.3) is 0 Å². The van der Waals surface area contributed by atoms with Crippen molar-refractivity contribution in [3.8, 4) is 68.0 Å². The zero-order valence-corrected chi connectivity index (χ0v) is 25.8. The average molecular weight is 611 g/mol. The largest absolute Gasteiger partial charge is 0.237 e. The van der Waals surface area contributed by atoms with Crippen LogP contribution < -0.4 is 0 Å². The summed E-state index contributed by atoms with van der Waals surface area (Å²) in [7, 11) is 0. The summed E-state index contributed by atoms with van der Waals surface area (Å²) >= 11 is 0. The van der Waals surface area contributed by atoms with Crippen molar-refractivity contribution in [3.63, 3.8) is 0 Å². The molecule has 0 spiro atoms. The van der Waals surface area contributed by atoms with Crippen LogP contribution in [0.15, 0.2) is 158 Å². The van der Waals surface area contributed by atoms with Crippen LogP contribution in [0.1, 0.15) is 11.4 Å². The van der Waals surface area contributed by atoms with Crippen LogP contribution in [-0.2, 0) is 0 Å². The third kappa shape index (κ3) is 5.14. The maximum Gasteiger partial charge on any atom is 0.141 e. The maximum absolute atomic E-state index is 9.49. The van der Waals surface area contributed by atoms with Gasteiger partial charge in [-0.1, -0.05) is 115 Å². The van der Waals surface area contributed by atoms with Gasteiger partial charge in [0.1, 0.15) is 23.5 Å². The van der Waals surface area contributed by atoms with Crippen molar-refractivity contribution < 1.29 is 0 Å². The fourth-order valence-corrected chi connectivity index (χ4v) is 6.59. The molecule has 0 aliphatic rings. The number of hydrogen-bond acceptors (Lipinski definition) is 4. The van der Waals surface area contributed by atoms with Crippen LogP contribution in [0.4, 0.5) is 0 Å². The Hall–Kier alpha value is -6.88. The van der Waals surface area contributed by atoms with Crippen molar-refractivity contribution in [1.82, 2.24) is 9.97 Å². The fraction of sp³-hybridized carbons (Fsp3) is 0. The van der Waals surface area contributed by atoms with E-state index >= 15 is 0 Å². The minimum Gasteiger partial charge on any atom is -0.237 e. The molecule has 0 saturated carbocycles. The molecule has 0 aliphatic carbocycles. The van der Waals surface area contributed by atoms with E-state index in [0.717, 1.165) is 77.4 Å². The number of pyridine rings is 2. The molecule has 8 rings (SSSR count). The molecule has 48 heavy (non-hydrogen) atoms. The molecule has 2 heterocycles. The minimum atomic E-state index is 0.391. The van der Waals surface area contributed by atoms with Crippen LogP contribution in [0.25, 0.3) is 77.4 Å². The molecule has 4 heteroatoms. The Labute approximate surface area is 278 Å². The first kappa shape index (κ1) is 28.6. The molecule has 0 aliphatic heterocycles. The van der Waals surface area contributed by atoms with Crippen molar-refractivity contribution >= 4 is 21.5 Å². The first-order valence-electron chi connectivity index (χ1n) is 15.7. The van der Waals surface area contributed by atoms with Gasteiger partial charge in [0.15, 0.2) is 0 Å². The van der Waals surface area contributed by atoms with E-state index in [-0.39, 0.29) is 0 Å². The van der Waals surface area contributed by atoms with Gasteiger partial charge in [0.2, 0.25) is 0 Å². The summed E-state index contributed by atoms with van der Waals surface area (Å²) in [5.41, 5.74) is 10.9. The Balaban J connectivity index is 1.42. The summed E-state index contributed by atoms with van der Waals surface area (Å²) in [4.78, 5) is 9.17. The molecule has 0 unspecified atom stereocenters. The van der Waals surface area contributed by atoms with Gasteiger partial charge in [-0.2, -0.15) is 10.5 Å². The molecule has 222 valence electrons. The van der Waals surface area contributed by atoms with E-state index in [9.17, 15) is 10.5 Å². The average Bonchev–Trinajstić information content (AvgIpc) is 3.17. The van der Waals surface area contributed by atoms with Gasteiger partial charge in [-0.3, -0.25) is 0 Å². The van der Waals surface area contributed by atoms with E-state index in [4.69, 9.17) is 0 Å². The molecule has 0 atom stereocenters. The first-order valence-corrected chi connectivity index (χ1v) is 15.7. The summed E-state index contributed by atoms with van der Waals surface area (Å²) in [6, 6.07) is 58.1. The first-order chi connectivity index (χ1) is 23.7. The van der Waals surface area contributed by atoms with Crippen molar-refractivity contribution in [1.29, 1.82) is 10.5 Å². The van der Waals surface area contributed by atoms with E-state index < -0.39 is 0 Å². The van der Waals surface area contributed by atoms with Crippen LogP contribution in [0.2, 0.25) is 0 Å². The molecule has 6 aromatic carbocycles. The summed E-state index contributed by atoms with van der Waals surface area (Å²) < 4.78 is 0. The monoisotopic (exact) mass is 610 g/mol. The smallest absolute Gasteiger partial charge is 0.141 e. The van der Waals surface area contributed by atoms with Crippen molar-refractivity contribution in [2.24, 2.45) is 0 Å². The summed E-state index contributed by atoms with van der Waals surface area (Å²) in [5, 5.41) is 23.5. The third-order valence-electron chi connectivity index (χ3n) is 8.75. The Morgan fingerprint density at radius 2 is 0.792 bits per heavy atom. The van der Waals surface area contributed by atoms with Crippen LogP contribution in [-0.4, -0.2) is 9.97 Å². The number of fused-ring (bicyclic) bond motifs is 2. The topological polar surface area (TPSA) is 73.4 Å². The number of aromatic nitrogens is 2. The Morgan fingerprint density at radius 3 is 1.35 bits per heavy atom. The Kier molecular flexibility index (Phi) is 7.23. The third-order valence-corrected chi connectivity index (χ3v) is 8.75. The lowest BCUT2D eigenvalue weighted by Crippen LogP contribution is -1.93. The number of benzene rings is 6. The second kappa shape index (κ2) is 12.1. The zero-order valence-electron chi connectivity index (χ0n) is 25.8. The molecule has 0 radical (unpaired) electrons. The highest BCUT2D eigenvalue weighted by Gasteiger charge is 2.19. The van der Waals surface area contributed by atoms with Crippen LogP contribution >= 0.6 is 0 Å². The molecule has 0 fully saturated rings. The molecule has 0 N–H and O–H groups in total. The lowest BCUT2D eigenvalue weighted by Gasteiger charge is -2.19. The van der Waals surface area contributed by atoms with Gasteiger partial charge in [-0.05, 0) is 97.4 Å². The summed E-state index contributed by atoms with van der Waals surface area (Å²) in [6.07, 6.45) is 0. The molecule has 4 nitrogen and oxygen atoms in total. The second-order valence-corrected chi connectivity index (χ2v) is 11.6. The predicted octanol–water partition coefficient (Wildman–Crippen LogP) is 10.9. The van der Waals surface area contributed by atoms with E-state index in [2.05, 4.69) is 125 Å². The molecule has 8 aromatic rings. The van der Waals surface area contributed by atoms with Gasteiger partial charge in [-0.25, -0.2) is 9.97 Å². The maximum atomic E-state index is 9.49. The van der Waals surface area contributed by atoms with Crippen molar-refractivity contribution in [3.05, 3.63) is 169 Å². The SMILES string of the molecule is N#Cc1cccc(-c2cccc(-c3c4ccccc4c(-c4cccc(-c5cccc(C#N)n5)c4)c4cc(-c5ccccc5)ccc34)c2)n1. The van der Waals surface area contributed by atoms with E-state index in [1.807, 2.05) is 42.5 Å². The molecular formula is C44H26N4. The van der Waals surface area contributed by atoms with Crippen molar-refractivity contribution in [2.75, 3.05) is 0 Å². The van der Waals surface area contributed by atoms with Gasteiger partial charge in [0.05, 0.1) is 11.4 Å². The highest BCUT2D eigenvalue weighted by atomic mass is 14.7. The fourth-order valence-electron chi connectivity index (χ4n) is 6.59. The van der Waals surface area contributed by atoms with E-state index in [0.29, 0.717) is 11.4 Å². The zero-order chi connectivity index (χ0) is 32.5. The number of nitrogens with zero attached hydrogens (tertiary/aromatic N) is 4. The van der Waals surface area contributed by atoms with Crippen LogP contribution in [0.5, 0.6) is 0 Å². The lowest BCUT2D eigenvalue weighted by atomic mass is 9.84. The lowest BCUT2D eigenvalue weighted by molar-refractivity contribution is 1.27. The van der Waals surface area contributed by atoms with Crippen LogP contribution in [0, 0.1) is 22.7 Å². The highest BCUT2D eigenvalue weighted by Crippen LogP contribution is 2.45. The molecule has 2 aromatic heterocycles. The predicted molar refractivity (Wildman–Crippen MR) is 194 cm³/mol. The number of nitriles is 2. The molecule has 0 bridgehead atoms. The molecule has 0 saturated heterocycles. The van der Waals surface area contributed by atoms with Gasteiger partial charge in [-0.15, -0.1) is 0 Å². The standard InChI is InChI=1S/C44H26N4/c45-27-35-16-8-20-41(47-35)31-12-6-14-33(24-31)43-37-18-4-5-19-38(37)44(40-26-30(22-23-39(40)43)29-10-2-1-3-11-29)34-15-7-13-32(25-34)42-21-9-17-36(28-46)48-42/h1-26H. The van der Waals surface area contributed by atoms with Crippen molar-refractivity contribution in [2.45, 2.75) is 0 Å². The molecular weight excluding hydrogens is 585 g/mol. The Bertz CT molecular complexity index is 2590. The van der Waals surface area contributed by atoms with Gasteiger partial charge >= 0.3 is 0 Å². The van der Waals surface area contributed by atoms with E-state index in [1.54, 1.807) is 12.1 Å². The van der Waals surface area contributed by atoms with Crippen LogP contribution in [0.3, 0.4) is 0 Å². The van der Waals surface area contributed by atoms with Gasteiger partial charge in [0, 0.05) is 11.1 Å². The van der Waals surface area contributed by atoms with Gasteiger partial charge < -0.3 is 0 Å². The highest BCUT2D eigenvalue weighted by molar-refractivity contribution is 6.22. The van der Waals surface area contributed by atoms with E-state index in [1.165, 1.54) is 0 Å². The minimum absolute atomic E-state index is 0.391. The summed E-state index contributed by atoms with van der Waals surface area (Å²) in [6.45, 7) is 0.